The monoisotopic (exact) mass is 279 g/mol. The summed E-state index contributed by atoms with van der Waals surface area (Å²) in [6.07, 6.45) is 3.29. The zero-order valence-corrected chi connectivity index (χ0v) is 11.5. The average Bonchev–Trinajstić information content (AvgIpc) is 3.13. The first-order valence-corrected chi connectivity index (χ1v) is 6.70. The van der Waals surface area contributed by atoms with Gasteiger partial charge in [-0.15, -0.1) is 0 Å². The highest BCUT2D eigenvalue weighted by Gasteiger charge is 2.14. The second-order valence-corrected chi connectivity index (χ2v) is 5.04. The molecular weight excluding hydrogens is 266 g/mol. The lowest BCUT2D eigenvalue weighted by atomic mass is 10.1. The molecule has 4 rings (SSSR count). The molecule has 4 aromatic rings. The molecule has 0 fully saturated rings. The SMILES string of the molecule is Cn1cnc2c(=O)n(Cc3ccco3)c3ccccc3c21. The molecule has 0 spiro atoms. The zero-order chi connectivity index (χ0) is 14.4. The number of hydrogen-bond acceptors (Lipinski definition) is 3. The number of benzene rings is 1. The molecule has 0 atom stereocenters. The lowest BCUT2D eigenvalue weighted by Crippen LogP contribution is -2.21. The number of furan rings is 1. The molecule has 0 bridgehead atoms. The fourth-order valence-corrected chi connectivity index (χ4v) is 2.77. The molecule has 0 amide bonds. The van der Waals surface area contributed by atoms with Crippen LogP contribution in [-0.2, 0) is 13.6 Å². The van der Waals surface area contributed by atoms with Crippen molar-refractivity contribution >= 4 is 21.9 Å². The fourth-order valence-electron chi connectivity index (χ4n) is 2.77. The zero-order valence-electron chi connectivity index (χ0n) is 11.5. The summed E-state index contributed by atoms with van der Waals surface area (Å²) >= 11 is 0. The van der Waals surface area contributed by atoms with Crippen LogP contribution in [0, 0.1) is 0 Å². The Balaban J connectivity index is 2.13. The summed E-state index contributed by atoms with van der Waals surface area (Å²) in [5.74, 6) is 0.748. The van der Waals surface area contributed by atoms with E-state index in [1.807, 2.05) is 48.0 Å². The number of aromatic nitrogens is 3. The van der Waals surface area contributed by atoms with Crippen molar-refractivity contribution in [2.24, 2.45) is 7.05 Å². The first-order valence-electron chi connectivity index (χ1n) is 6.70. The van der Waals surface area contributed by atoms with Gasteiger partial charge in [0.15, 0.2) is 5.52 Å². The van der Waals surface area contributed by atoms with E-state index in [0.717, 1.165) is 22.2 Å². The van der Waals surface area contributed by atoms with Crippen LogP contribution < -0.4 is 5.56 Å². The van der Waals surface area contributed by atoms with Gasteiger partial charge in [0.2, 0.25) is 0 Å². The van der Waals surface area contributed by atoms with Crippen LogP contribution >= 0.6 is 0 Å². The van der Waals surface area contributed by atoms with E-state index in [2.05, 4.69) is 4.98 Å². The van der Waals surface area contributed by atoms with Crippen molar-refractivity contribution in [1.29, 1.82) is 0 Å². The van der Waals surface area contributed by atoms with Crippen LogP contribution in [0.25, 0.3) is 21.9 Å². The van der Waals surface area contributed by atoms with E-state index >= 15 is 0 Å². The second-order valence-electron chi connectivity index (χ2n) is 5.04. The van der Waals surface area contributed by atoms with Gasteiger partial charge >= 0.3 is 0 Å². The molecule has 3 aromatic heterocycles. The van der Waals surface area contributed by atoms with E-state index in [0.29, 0.717) is 12.1 Å². The summed E-state index contributed by atoms with van der Waals surface area (Å²) in [6, 6.07) is 11.5. The standard InChI is InChI=1S/C16H13N3O2/c1-18-10-17-14-15(18)12-6-2-3-7-13(12)19(16(14)20)9-11-5-4-8-21-11/h2-8,10H,9H2,1H3. The average molecular weight is 279 g/mol. The molecule has 3 heterocycles. The van der Waals surface area contributed by atoms with Crippen molar-refractivity contribution in [2.75, 3.05) is 0 Å². The van der Waals surface area contributed by atoms with Crippen molar-refractivity contribution < 1.29 is 4.42 Å². The molecule has 0 N–H and O–H groups in total. The van der Waals surface area contributed by atoms with Gasteiger partial charge in [-0.3, -0.25) is 9.36 Å². The first kappa shape index (κ1) is 12.0. The molecule has 0 aliphatic heterocycles. The third-order valence-corrected chi connectivity index (χ3v) is 3.73. The highest BCUT2D eigenvalue weighted by molar-refractivity contribution is 6.02. The summed E-state index contributed by atoms with van der Waals surface area (Å²) in [6.45, 7) is 0.402. The largest absolute Gasteiger partial charge is 0.467 e. The molecule has 104 valence electrons. The maximum Gasteiger partial charge on any atom is 0.279 e. The van der Waals surface area contributed by atoms with E-state index in [1.165, 1.54) is 0 Å². The van der Waals surface area contributed by atoms with Crippen LogP contribution in [-0.4, -0.2) is 14.1 Å². The lowest BCUT2D eigenvalue weighted by molar-refractivity contribution is 0.494. The van der Waals surface area contributed by atoms with Crippen LogP contribution in [0.15, 0.2) is 58.2 Å². The molecule has 0 aliphatic rings. The van der Waals surface area contributed by atoms with Gasteiger partial charge in [0.05, 0.1) is 30.2 Å². The summed E-state index contributed by atoms with van der Waals surface area (Å²) in [5.41, 5.74) is 2.14. The minimum atomic E-state index is -0.0966. The Hall–Kier alpha value is -2.82. The Morgan fingerprint density at radius 3 is 2.86 bits per heavy atom. The Labute approximate surface area is 120 Å². The van der Waals surface area contributed by atoms with E-state index in [4.69, 9.17) is 4.42 Å². The molecule has 0 unspecified atom stereocenters. The van der Waals surface area contributed by atoms with Crippen molar-refractivity contribution in [3.8, 4) is 0 Å². The second kappa shape index (κ2) is 4.34. The van der Waals surface area contributed by atoms with Crippen LogP contribution in [0.2, 0.25) is 0 Å². The third kappa shape index (κ3) is 1.71. The predicted octanol–water partition coefficient (Wildman–Crippen LogP) is 2.53. The van der Waals surface area contributed by atoms with Crippen LogP contribution in [0.1, 0.15) is 5.76 Å². The highest BCUT2D eigenvalue weighted by atomic mass is 16.3. The Bertz CT molecular complexity index is 994. The first-order chi connectivity index (χ1) is 10.3. The van der Waals surface area contributed by atoms with Crippen molar-refractivity contribution in [2.45, 2.75) is 6.54 Å². The maximum absolute atomic E-state index is 12.7. The van der Waals surface area contributed by atoms with Gasteiger partial charge in [0, 0.05) is 12.4 Å². The summed E-state index contributed by atoms with van der Waals surface area (Å²) in [4.78, 5) is 17.0. The Morgan fingerprint density at radius 2 is 2.05 bits per heavy atom. The number of hydrogen-bond donors (Lipinski definition) is 0. The molecular formula is C16H13N3O2. The normalized spacial score (nSPS) is 11.5. The number of aryl methyl sites for hydroxylation is 1. The smallest absolute Gasteiger partial charge is 0.279 e. The van der Waals surface area contributed by atoms with Crippen LogP contribution in [0.3, 0.4) is 0 Å². The molecule has 0 saturated heterocycles. The molecule has 5 nitrogen and oxygen atoms in total. The van der Waals surface area contributed by atoms with Crippen LogP contribution in [0.5, 0.6) is 0 Å². The molecule has 0 aliphatic carbocycles. The van der Waals surface area contributed by atoms with Gasteiger partial charge in [-0.25, -0.2) is 4.98 Å². The number of rotatable bonds is 2. The van der Waals surface area contributed by atoms with Gasteiger partial charge in [-0.05, 0) is 18.2 Å². The van der Waals surface area contributed by atoms with Gasteiger partial charge in [-0.2, -0.15) is 0 Å². The maximum atomic E-state index is 12.7. The molecule has 0 saturated carbocycles. The van der Waals surface area contributed by atoms with E-state index in [1.54, 1.807) is 17.2 Å². The van der Waals surface area contributed by atoms with E-state index in [9.17, 15) is 4.79 Å². The van der Waals surface area contributed by atoms with Gasteiger partial charge in [0.1, 0.15) is 5.76 Å². The molecule has 21 heavy (non-hydrogen) atoms. The van der Waals surface area contributed by atoms with Gasteiger partial charge in [0.25, 0.3) is 5.56 Å². The Kier molecular flexibility index (Phi) is 2.47. The minimum Gasteiger partial charge on any atom is -0.467 e. The summed E-state index contributed by atoms with van der Waals surface area (Å²) < 4.78 is 8.97. The third-order valence-electron chi connectivity index (χ3n) is 3.73. The quantitative estimate of drug-likeness (QED) is 0.566. The van der Waals surface area contributed by atoms with E-state index < -0.39 is 0 Å². The minimum absolute atomic E-state index is 0.0966. The fraction of sp³-hybridized carbons (Fsp3) is 0.125. The van der Waals surface area contributed by atoms with Crippen molar-refractivity contribution in [1.82, 2.24) is 14.1 Å². The summed E-state index contributed by atoms with van der Waals surface area (Å²) in [5, 5.41) is 1.01. The highest BCUT2D eigenvalue weighted by Crippen LogP contribution is 2.22. The number of nitrogens with zero attached hydrogens (tertiary/aromatic N) is 3. The molecule has 0 radical (unpaired) electrons. The van der Waals surface area contributed by atoms with Crippen molar-refractivity contribution in [3.05, 3.63) is 65.1 Å². The van der Waals surface area contributed by atoms with Crippen molar-refractivity contribution in [3.63, 3.8) is 0 Å². The topological polar surface area (TPSA) is 53.0 Å². The molecule has 5 heteroatoms. The molecule has 1 aromatic carbocycles. The lowest BCUT2D eigenvalue weighted by Gasteiger charge is -2.10. The number of pyridine rings is 1. The number of fused-ring (bicyclic) bond motifs is 3. The number of para-hydroxylation sites is 1. The predicted molar refractivity (Wildman–Crippen MR) is 80.3 cm³/mol. The van der Waals surface area contributed by atoms with Gasteiger partial charge in [-0.1, -0.05) is 18.2 Å². The van der Waals surface area contributed by atoms with E-state index in [-0.39, 0.29) is 5.56 Å². The van der Waals surface area contributed by atoms with Gasteiger partial charge < -0.3 is 8.98 Å². The summed E-state index contributed by atoms with van der Waals surface area (Å²) in [7, 11) is 1.90. The Morgan fingerprint density at radius 1 is 1.19 bits per heavy atom. The number of imidazole rings is 1. The van der Waals surface area contributed by atoms with Crippen LogP contribution in [0.4, 0.5) is 0 Å².